The predicted octanol–water partition coefficient (Wildman–Crippen LogP) is 4.23. The van der Waals surface area contributed by atoms with Gasteiger partial charge < -0.3 is 4.74 Å². The Morgan fingerprint density at radius 1 is 1.07 bits per heavy atom. The van der Waals surface area contributed by atoms with Crippen LogP contribution >= 0.6 is 0 Å². The molecule has 148 valence electrons. The van der Waals surface area contributed by atoms with Gasteiger partial charge in [-0.15, -0.1) is 0 Å². The SMILES string of the molecule is COC1(F)CC(F)=C(C2=CC3(C=C2c2ccc(S(N)(=O)=O)cc2)CC3)C=C1F. The number of alkyl halides is 1. The maximum atomic E-state index is 14.7. The van der Waals surface area contributed by atoms with Crippen LogP contribution in [-0.2, 0) is 14.8 Å². The first kappa shape index (κ1) is 19.2. The van der Waals surface area contributed by atoms with Crippen molar-refractivity contribution in [1.29, 1.82) is 0 Å². The monoisotopic (exact) mass is 409 g/mol. The summed E-state index contributed by atoms with van der Waals surface area (Å²) in [7, 11) is -2.85. The first-order valence-electron chi connectivity index (χ1n) is 8.67. The van der Waals surface area contributed by atoms with Gasteiger partial charge in [-0.05, 0) is 47.8 Å². The molecule has 1 unspecified atom stereocenters. The van der Waals surface area contributed by atoms with E-state index in [0.717, 1.165) is 26.0 Å². The Morgan fingerprint density at radius 2 is 1.68 bits per heavy atom. The molecular formula is C20H18F3NO3S. The molecule has 1 spiro atoms. The normalized spacial score (nSPS) is 26.2. The molecule has 3 aliphatic carbocycles. The van der Waals surface area contributed by atoms with Gasteiger partial charge in [-0.1, -0.05) is 24.3 Å². The zero-order chi connectivity index (χ0) is 20.3. The summed E-state index contributed by atoms with van der Waals surface area (Å²) in [6, 6.07) is 5.86. The average molecular weight is 409 g/mol. The molecule has 0 amide bonds. The molecule has 8 heteroatoms. The fraction of sp³-hybridized carbons (Fsp3) is 0.300. The highest BCUT2D eigenvalue weighted by Gasteiger charge is 2.46. The summed E-state index contributed by atoms with van der Waals surface area (Å²) in [5.41, 5.74) is 1.52. The minimum absolute atomic E-state index is 0.0200. The molecule has 4 rings (SSSR count). The van der Waals surface area contributed by atoms with E-state index >= 15 is 0 Å². The van der Waals surface area contributed by atoms with E-state index in [0.29, 0.717) is 16.7 Å². The highest BCUT2D eigenvalue weighted by Crippen LogP contribution is 2.58. The molecule has 0 heterocycles. The van der Waals surface area contributed by atoms with Crippen LogP contribution in [0.25, 0.3) is 5.57 Å². The number of nitrogens with two attached hydrogens (primary N) is 1. The summed E-state index contributed by atoms with van der Waals surface area (Å²) in [5.74, 6) is -4.79. The second-order valence-corrected chi connectivity index (χ2v) is 8.90. The van der Waals surface area contributed by atoms with Crippen molar-refractivity contribution < 1.29 is 26.3 Å². The van der Waals surface area contributed by atoms with Gasteiger partial charge in [0, 0.05) is 18.1 Å². The van der Waals surface area contributed by atoms with Gasteiger partial charge in [-0.2, -0.15) is 0 Å². The van der Waals surface area contributed by atoms with Crippen LogP contribution in [0.3, 0.4) is 0 Å². The zero-order valence-electron chi connectivity index (χ0n) is 15.0. The Morgan fingerprint density at radius 3 is 2.21 bits per heavy atom. The summed E-state index contributed by atoms with van der Waals surface area (Å²) >= 11 is 0. The van der Waals surface area contributed by atoms with E-state index in [2.05, 4.69) is 4.74 Å². The van der Waals surface area contributed by atoms with Gasteiger partial charge in [-0.25, -0.2) is 26.7 Å². The van der Waals surface area contributed by atoms with Crippen LogP contribution in [0.5, 0.6) is 0 Å². The van der Waals surface area contributed by atoms with E-state index < -0.39 is 34.0 Å². The van der Waals surface area contributed by atoms with Gasteiger partial charge in [0.1, 0.15) is 5.83 Å². The Bertz CT molecular complexity index is 1080. The number of halogens is 3. The quantitative estimate of drug-likeness (QED) is 0.809. The summed E-state index contributed by atoms with van der Waals surface area (Å²) in [4.78, 5) is -0.0437. The molecule has 0 bridgehead atoms. The van der Waals surface area contributed by atoms with Crippen molar-refractivity contribution in [1.82, 2.24) is 0 Å². The lowest BCUT2D eigenvalue weighted by Crippen LogP contribution is -2.29. The molecule has 4 nitrogen and oxygen atoms in total. The fourth-order valence-electron chi connectivity index (χ4n) is 3.58. The van der Waals surface area contributed by atoms with Crippen molar-refractivity contribution in [3.8, 4) is 0 Å². The molecular weight excluding hydrogens is 391 g/mol. The van der Waals surface area contributed by atoms with Crippen LogP contribution in [0.1, 0.15) is 24.8 Å². The molecule has 0 radical (unpaired) electrons. The number of primary sulfonamides is 1. The highest BCUT2D eigenvalue weighted by molar-refractivity contribution is 7.89. The van der Waals surface area contributed by atoms with Crippen LogP contribution in [0.4, 0.5) is 13.2 Å². The van der Waals surface area contributed by atoms with Gasteiger partial charge in [-0.3, -0.25) is 0 Å². The number of allylic oxidation sites excluding steroid dienone is 6. The summed E-state index contributed by atoms with van der Waals surface area (Å²) in [6.45, 7) is 0. The molecule has 1 saturated carbocycles. The third-order valence-corrected chi connectivity index (χ3v) is 6.32. The number of hydrogen-bond acceptors (Lipinski definition) is 3. The zero-order valence-corrected chi connectivity index (χ0v) is 15.8. The van der Waals surface area contributed by atoms with Crippen LogP contribution < -0.4 is 5.14 Å². The predicted molar refractivity (Wildman–Crippen MR) is 98.3 cm³/mol. The molecule has 3 aliphatic rings. The largest absolute Gasteiger partial charge is 0.344 e. The van der Waals surface area contributed by atoms with E-state index in [1.807, 2.05) is 12.2 Å². The lowest BCUT2D eigenvalue weighted by atomic mass is 9.89. The third kappa shape index (κ3) is 3.15. The molecule has 2 N–H and O–H groups in total. The van der Waals surface area contributed by atoms with Crippen LogP contribution in [-0.4, -0.2) is 21.4 Å². The van der Waals surface area contributed by atoms with Crippen LogP contribution in [0.2, 0.25) is 0 Å². The molecule has 0 aromatic heterocycles. The van der Waals surface area contributed by atoms with Crippen LogP contribution in [0.15, 0.2) is 70.2 Å². The lowest BCUT2D eigenvalue weighted by Gasteiger charge is -2.26. The number of ether oxygens (including phenoxy) is 1. The summed E-state index contributed by atoms with van der Waals surface area (Å²) in [6.07, 6.45) is 5.58. The number of rotatable bonds is 4. The number of hydrogen-bond donors (Lipinski definition) is 1. The first-order valence-corrected chi connectivity index (χ1v) is 10.2. The smallest absolute Gasteiger partial charge is 0.267 e. The summed E-state index contributed by atoms with van der Waals surface area (Å²) < 4.78 is 70.7. The molecule has 1 fully saturated rings. The van der Waals surface area contributed by atoms with Gasteiger partial charge in [0.15, 0.2) is 5.83 Å². The first-order chi connectivity index (χ1) is 13.1. The van der Waals surface area contributed by atoms with Crippen molar-refractivity contribution in [2.75, 3.05) is 7.11 Å². The van der Waals surface area contributed by atoms with Gasteiger partial charge in [0.2, 0.25) is 10.0 Å². The Labute approximate surface area is 160 Å². The van der Waals surface area contributed by atoms with E-state index in [1.165, 1.54) is 12.1 Å². The Hall–Kier alpha value is -2.16. The van der Waals surface area contributed by atoms with E-state index in [4.69, 9.17) is 5.14 Å². The Balaban J connectivity index is 1.76. The van der Waals surface area contributed by atoms with Crippen molar-refractivity contribution in [3.05, 3.63) is 70.9 Å². The topological polar surface area (TPSA) is 69.4 Å². The highest BCUT2D eigenvalue weighted by atomic mass is 32.2. The molecule has 0 saturated heterocycles. The molecule has 1 aromatic carbocycles. The number of methoxy groups -OCH3 is 1. The standard InChI is InChI=1S/C20H18F3NO3S/c1-27-20(23)11-17(21)14(8-18(20)22)16-10-19(6-7-19)9-15(16)12-2-4-13(5-3-12)28(24,25)26/h2-5,8-10H,6-7,11H2,1H3,(H2,24,25,26). The molecule has 0 aliphatic heterocycles. The van der Waals surface area contributed by atoms with Crippen LogP contribution in [0, 0.1) is 5.41 Å². The Kier molecular flexibility index (Phi) is 4.22. The van der Waals surface area contributed by atoms with E-state index in [-0.39, 0.29) is 15.9 Å². The fourth-order valence-corrected chi connectivity index (χ4v) is 4.09. The van der Waals surface area contributed by atoms with Gasteiger partial charge >= 0.3 is 0 Å². The van der Waals surface area contributed by atoms with Crippen molar-refractivity contribution in [2.24, 2.45) is 10.6 Å². The second-order valence-electron chi connectivity index (χ2n) is 7.34. The van der Waals surface area contributed by atoms with Crippen molar-refractivity contribution in [2.45, 2.75) is 30.0 Å². The third-order valence-electron chi connectivity index (χ3n) is 5.39. The minimum Gasteiger partial charge on any atom is -0.344 e. The van der Waals surface area contributed by atoms with E-state index in [9.17, 15) is 21.6 Å². The van der Waals surface area contributed by atoms with Gasteiger partial charge in [0.25, 0.3) is 5.85 Å². The summed E-state index contributed by atoms with van der Waals surface area (Å²) in [5, 5.41) is 5.12. The van der Waals surface area contributed by atoms with E-state index in [1.54, 1.807) is 12.1 Å². The molecule has 1 aromatic rings. The van der Waals surface area contributed by atoms with Crippen molar-refractivity contribution >= 4 is 15.6 Å². The molecule has 28 heavy (non-hydrogen) atoms. The molecule has 1 atom stereocenters. The number of benzene rings is 1. The minimum atomic E-state index is -3.84. The average Bonchev–Trinajstić information content (AvgIpc) is 3.29. The second kappa shape index (κ2) is 6.17. The van der Waals surface area contributed by atoms with Gasteiger partial charge in [0.05, 0.1) is 11.3 Å². The van der Waals surface area contributed by atoms with Crippen molar-refractivity contribution in [3.63, 3.8) is 0 Å². The maximum Gasteiger partial charge on any atom is 0.267 e. The number of sulfonamides is 1. The maximum absolute atomic E-state index is 14.7. The lowest BCUT2D eigenvalue weighted by molar-refractivity contribution is -0.107.